The molecule has 0 fully saturated rings. The number of amides is 1. The van der Waals surface area contributed by atoms with E-state index in [0.717, 1.165) is 17.2 Å². The fourth-order valence-electron chi connectivity index (χ4n) is 2.59. The van der Waals surface area contributed by atoms with E-state index in [2.05, 4.69) is 34.6 Å². The van der Waals surface area contributed by atoms with Crippen molar-refractivity contribution in [3.8, 4) is 17.2 Å². The van der Waals surface area contributed by atoms with Crippen molar-refractivity contribution in [1.82, 2.24) is 10.2 Å². The largest absolute Gasteiger partial charge is 0.497 e. The summed E-state index contributed by atoms with van der Waals surface area (Å²) in [5.41, 5.74) is 1.69. The normalized spacial score (nSPS) is 10.4. The van der Waals surface area contributed by atoms with Crippen molar-refractivity contribution in [3.63, 3.8) is 0 Å². The third-order valence-corrected chi connectivity index (χ3v) is 5.12. The zero-order valence-corrected chi connectivity index (χ0v) is 17.4. The van der Waals surface area contributed by atoms with Gasteiger partial charge in [0.05, 0.1) is 20.8 Å². The molecule has 1 N–H and O–H groups in total. The van der Waals surface area contributed by atoms with E-state index in [1.165, 1.54) is 31.1 Å². The molecule has 7 nitrogen and oxygen atoms in total. The predicted molar refractivity (Wildman–Crippen MR) is 112 cm³/mol. The van der Waals surface area contributed by atoms with Crippen molar-refractivity contribution in [2.45, 2.75) is 19.8 Å². The summed E-state index contributed by atoms with van der Waals surface area (Å²) in [7, 11) is 3.07. The Morgan fingerprint density at radius 3 is 2.31 bits per heavy atom. The third-order valence-electron chi connectivity index (χ3n) is 4.22. The minimum Gasteiger partial charge on any atom is -0.497 e. The Balaban J connectivity index is 1.55. The van der Waals surface area contributed by atoms with Crippen LogP contribution in [0.25, 0.3) is 0 Å². The number of carbonyl (C=O) groups is 1. The second-order valence-electron chi connectivity index (χ2n) is 6.15. The Bertz CT molecular complexity index is 935. The minimum absolute atomic E-state index is 0.308. The number of benzene rings is 2. The van der Waals surface area contributed by atoms with Crippen molar-refractivity contribution >= 4 is 22.4 Å². The van der Waals surface area contributed by atoms with Crippen molar-refractivity contribution in [2.75, 3.05) is 26.1 Å². The van der Waals surface area contributed by atoms with E-state index in [4.69, 9.17) is 14.2 Å². The average Bonchev–Trinajstić information content (AvgIpc) is 3.20. The summed E-state index contributed by atoms with van der Waals surface area (Å²) < 4.78 is 16.1. The van der Waals surface area contributed by atoms with Crippen molar-refractivity contribution in [1.29, 1.82) is 0 Å². The number of nitrogens with zero attached hydrogens (tertiary/aromatic N) is 2. The monoisotopic (exact) mass is 413 g/mol. The van der Waals surface area contributed by atoms with E-state index in [9.17, 15) is 4.79 Å². The third kappa shape index (κ3) is 5.68. The van der Waals surface area contributed by atoms with Gasteiger partial charge in [0, 0.05) is 18.1 Å². The molecule has 0 atom stereocenters. The molecule has 152 valence electrons. The van der Waals surface area contributed by atoms with E-state index in [1.54, 1.807) is 18.2 Å². The second-order valence-corrected chi connectivity index (χ2v) is 7.21. The molecular weight excluding hydrogens is 390 g/mol. The highest BCUT2D eigenvalue weighted by Gasteiger charge is 2.13. The molecule has 0 aliphatic rings. The first-order chi connectivity index (χ1) is 14.1. The topological polar surface area (TPSA) is 82.6 Å². The van der Waals surface area contributed by atoms with Crippen LogP contribution in [0, 0.1) is 0 Å². The molecule has 0 bridgehead atoms. The van der Waals surface area contributed by atoms with Crippen LogP contribution >= 0.6 is 11.3 Å². The Labute approximate surface area is 173 Å². The van der Waals surface area contributed by atoms with E-state index in [1.807, 2.05) is 12.1 Å². The maximum absolute atomic E-state index is 12.5. The molecule has 0 aliphatic carbocycles. The summed E-state index contributed by atoms with van der Waals surface area (Å²) in [6.07, 6.45) is 1.61. The van der Waals surface area contributed by atoms with Crippen LogP contribution in [0.4, 0.5) is 5.13 Å². The van der Waals surface area contributed by atoms with Crippen LogP contribution < -0.4 is 19.5 Å². The second kappa shape index (κ2) is 9.88. The van der Waals surface area contributed by atoms with Gasteiger partial charge in [0.15, 0.2) is 0 Å². The lowest BCUT2D eigenvalue weighted by Crippen LogP contribution is -2.12. The molecule has 3 aromatic rings. The molecule has 1 amide bonds. The van der Waals surface area contributed by atoms with Gasteiger partial charge in [-0.3, -0.25) is 10.1 Å². The van der Waals surface area contributed by atoms with E-state index < -0.39 is 0 Å². The van der Waals surface area contributed by atoms with Crippen molar-refractivity contribution in [3.05, 3.63) is 58.6 Å². The zero-order chi connectivity index (χ0) is 20.6. The summed E-state index contributed by atoms with van der Waals surface area (Å²) in [6, 6.07) is 13.0. The molecule has 0 radical (unpaired) electrons. The van der Waals surface area contributed by atoms with E-state index in [0.29, 0.717) is 35.2 Å². The lowest BCUT2D eigenvalue weighted by atomic mass is 10.2. The number of methoxy groups -OCH3 is 2. The van der Waals surface area contributed by atoms with Gasteiger partial charge in [-0.1, -0.05) is 30.4 Å². The van der Waals surface area contributed by atoms with Gasteiger partial charge >= 0.3 is 0 Å². The molecule has 1 aromatic heterocycles. The highest BCUT2D eigenvalue weighted by molar-refractivity contribution is 7.15. The average molecular weight is 413 g/mol. The molecule has 0 aliphatic heterocycles. The molecular formula is C21H23N3O4S. The Morgan fingerprint density at radius 1 is 1.00 bits per heavy atom. The van der Waals surface area contributed by atoms with Crippen LogP contribution in [0.15, 0.2) is 42.5 Å². The molecule has 0 saturated carbocycles. The van der Waals surface area contributed by atoms with Crippen LogP contribution in [0.2, 0.25) is 0 Å². The lowest BCUT2D eigenvalue weighted by molar-refractivity contribution is 0.102. The Kier molecular flexibility index (Phi) is 7.02. The summed E-state index contributed by atoms with van der Waals surface area (Å²) in [5, 5.41) is 12.1. The van der Waals surface area contributed by atoms with Gasteiger partial charge in [-0.05, 0) is 36.2 Å². The predicted octanol–water partition coefficient (Wildman–Crippen LogP) is 3.99. The van der Waals surface area contributed by atoms with Gasteiger partial charge in [-0.2, -0.15) is 0 Å². The number of aryl methyl sites for hydroxylation is 1. The molecule has 2 aromatic carbocycles. The van der Waals surface area contributed by atoms with E-state index >= 15 is 0 Å². The summed E-state index contributed by atoms with van der Waals surface area (Å²) in [5.74, 6) is 1.59. The van der Waals surface area contributed by atoms with Gasteiger partial charge in [0.1, 0.15) is 22.3 Å². The van der Waals surface area contributed by atoms with Gasteiger partial charge in [-0.25, -0.2) is 0 Å². The summed E-state index contributed by atoms with van der Waals surface area (Å²) in [4.78, 5) is 12.5. The first-order valence-electron chi connectivity index (χ1n) is 9.19. The number of nitrogens with one attached hydrogen (secondary N) is 1. The van der Waals surface area contributed by atoms with Gasteiger partial charge < -0.3 is 14.2 Å². The molecule has 3 rings (SSSR count). The standard InChI is InChI=1S/C21H23N3O4S/c1-4-14-5-7-16(8-6-14)28-10-9-19-23-24-21(29-19)22-20(25)15-11-17(26-2)13-18(12-15)27-3/h5-8,11-13H,4,9-10H2,1-3H3,(H,22,24,25). The van der Waals surface area contributed by atoms with Crippen LogP contribution in [0.3, 0.4) is 0 Å². The van der Waals surface area contributed by atoms with Gasteiger partial charge in [-0.15, -0.1) is 10.2 Å². The number of anilines is 1. The highest BCUT2D eigenvalue weighted by atomic mass is 32.1. The van der Waals surface area contributed by atoms with Crippen molar-refractivity contribution in [2.24, 2.45) is 0 Å². The summed E-state index contributed by atoms with van der Waals surface area (Å²) in [6.45, 7) is 2.60. The molecule has 0 saturated heterocycles. The maximum Gasteiger partial charge on any atom is 0.257 e. The van der Waals surface area contributed by atoms with Gasteiger partial charge in [0.2, 0.25) is 5.13 Å². The fourth-order valence-corrected chi connectivity index (χ4v) is 3.31. The van der Waals surface area contributed by atoms with Crippen LogP contribution in [-0.2, 0) is 12.8 Å². The fraction of sp³-hybridized carbons (Fsp3) is 0.286. The number of hydrogen-bond acceptors (Lipinski definition) is 7. The Hall–Kier alpha value is -3.13. The van der Waals surface area contributed by atoms with Crippen LogP contribution in [0.1, 0.15) is 27.9 Å². The number of rotatable bonds is 9. The molecule has 8 heteroatoms. The quantitative estimate of drug-likeness (QED) is 0.571. The zero-order valence-electron chi connectivity index (χ0n) is 16.6. The molecule has 29 heavy (non-hydrogen) atoms. The van der Waals surface area contributed by atoms with E-state index in [-0.39, 0.29) is 5.91 Å². The van der Waals surface area contributed by atoms with Crippen LogP contribution in [-0.4, -0.2) is 36.9 Å². The highest BCUT2D eigenvalue weighted by Crippen LogP contribution is 2.24. The minimum atomic E-state index is -0.308. The number of aromatic nitrogens is 2. The SMILES string of the molecule is CCc1ccc(OCCc2nnc(NC(=O)c3cc(OC)cc(OC)c3)s2)cc1. The molecule has 0 spiro atoms. The first kappa shape index (κ1) is 20.6. The first-order valence-corrected chi connectivity index (χ1v) is 10.0. The lowest BCUT2D eigenvalue weighted by Gasteiger charge is -2.07. The van der Waals surface area contributed by atoms with Crippen LogP contribution in [0.5, 0.6) is 17.2 Å². The molecule has 1 heterocycles. The smallest absolute Gasteiger partial charge is 0.257 e. The number of hydrogen-bond donors (Lipinski definition) is 1. The maximum atomic E-state index is 12.5. The van der Waals surface area contributed by atoms with Gasteiger partial charge in [0.25, 0.3) is 5.91 Å². The number of carbonyl (C=O) groups excluding carboxylic acids is 1. The molecule has 0 unspecified atom stereocenters. The Morgan fingerprint density at radius 2 is 1.69 bits per heavy atom. The van der Waals surface area contributed by atoms with Crippen molar-refractivity contribution < 1.29 is 19.0 Å². The summed E-state index contributed by atoms with van der Waals surface area (Å²) >= 11 is 1.32. The number of ether oxygens (including phenoxy) is 3.